The molecule has 0 saturated heterocycles. The Morgan fingerprint density at radius 1 is 1.15 bits per heavy atom. The first-order chi connectivity index (χ1) is 12.4. The summed E-state index contributed by atoms with van der Waals surface area (Å²) >= 11 is 6.22. The summed E-state index contributed by atoms with van der Waals surface area (Å²) in [6.45, 7) is 3.66. The number of ether oxygens (including phenoxy) is 1. The van der Waals surface area contributed by atoms with Crippen LogP contribution in [0.5, 0.6) is 5.75 Å². The number of likely N-dealkylation sites (N-methyl/N-ethyl adjacent to an activating group) is 1. The van der Waals surface area contributed by atoms with Gasteiger partial charge in [0.15, 0.2) is 6.61 Å². The fourth-order valence-corrected chi connectivity index (χ4v) is 2.74. The van der Waals surface area contributed by atoms with E-state index in [0.29, 0.717) is 10.8 Å². The van der Waals surface area contributed by atoms with Crippen LogP contribution >= 0.6 is 11.6 Å². The molecule has 0 spiro atoms. The van der Waals surface area contributed by atoms with E-state index < -0.39 is 6.04 Å². The highest BCUT2D eigenvalue weighted by atomic mass is 35.5. The van der Waals surface area contributed by atoms with Crippen molar-refractivity contribution < 1.29 is 14.3 Å². The normalized spacial score (nSPS) is 11.5. The molecule has 0 saturated carbocycles. The van der Waals surface area contributed by atoms with Crippen LogP contribution < -0.4 is 10.1 Å². The fourth-order valence-electron chi connectivity index (χ4n) is 2.54. The number of carbonyl (C=O) groups excluding carboxylic acids is 2. The van der Waals surface area contributed by atoms with E-state index in [2.05, 4.69) is 5.32 Å². The molecule has 0 unspecified atom stereocenters. The minimum atomic E-state index is -0.649. The minimum absolute atomic E-state index is 0.156. The van der Waals surface area contributed by atoms with E-state index in [0.717, 1.165) is 11.1 Å². The molecule has 5 nitrogen and oxygen atoms in total. The van der Waals surface area contributed by atoms with Gasteiger partial charge in [0.2, 0.25) is 5.91 Å². The van der Waals surface area contributed by atoms with Crippen molar-refractivity contribution in [2.75, 3.05) is 13.7 Å². The van der Waals surface area contributed by atoms with Crippen molar-refractivity contribution in [3.63, 3.8) is 0 Å². The van der Waals surface area contributed by atoms with Crippen LogP contribution in [0.15, 0.2) is 48.5 Å². The van der Waals surface area contributed by atoms with Gasteiger partial charge in [-0.15, -0.1) is 0 Å². The molecule has 0 radical (unpaired) electrons. The van der Waals surface area contributed by atoms with Crippen molar-refractivity contribution >= 4 is 23.4 Å². The molecule has 6 heteroatoms. The minimum Gasteiger partial charge on any atom is -0.484 e. The lowest BCUT2D eigenvalue weighted by atomic mass is 10.1. The third-order valence-corrected chi connectivity index (χ3v) is 4.53. The van der Waals surface area contributed by atoms with Crippen LogP contribution in [0.3, 0.4) is 0 Å². The summed E-state index contributed by atoms with van der Waals surface area (Å²) in [6, 6.07) is 14.1. The second kappa shape index (κ2) is 9.25. The van der Waals surface area contributed by atoms with Crippen LogP contribution in [-0.4, -0.2) is 36.4 Å². The van der Waals surface area contributed by atoms with E-state index in [1.165, 1.54) is 4.90 Å². The lowest BCUT2D eigenvalue weighted by molar-refractivity contribution is -0.142. The lowest BCUT2D eigenvalue weighted by Gasteiger charge is -2.28. The summed E-state index contributed by atoms with van der Waals surface area (Å²) in [4.78, 5) is 26.3. The van der Waals surface area contributed by atoms with E-state index >= 15 is 0 Å². The molecular weight excluding hydrogens is 352 g/mol. The van der Waals surface area contributed by atoms with Gasteiger partial charge in [-0.1, -0.05) is 48.0 Å². The second-order valence-corrected chi connectivity index (χ2v) is 6.36. The standard InChI is InChI=1S/C20H23ClN2O3/c1-14-8-4-7-11-18(14)26-13-19(24)23(15(2)20(25)22-3)12-16-9-5-6-10-17(16)21/h4-11,15H,12-13H2,1-3H3,(H,22,25)/t15-/m1/s1. The maximum absolute atomic E-state index is 12.8. The highest BCUT2D eigenvalue weighted by molar-refractivity contribution is 6.31. The molecule has 0 aliphatic heterocycles. The second-order valence-electron chi connectivity index (χ2n) is 5.96. The summed E-state index contributed by atoms with van der Waals surface area (Å²) < 4.78 is 5.66. The SMILES string of the molecule is CNC(=O)[C@@H](C)N(Cc1ccccc1Cl)C(=O)COc1ccccc1C. The Hall–Kier alpha value is -2.53. The molecule has 0 aromatic heterocycles. The summed E-state index contributed by atoms with van der Waals surface area (Å²) in [5, 5.41) is 3.13. The Balaban J connectivity index is 2.17. The van der Waals surface area contributed by atoms with Crippen LogP contribution in [0, 0.1) is 6.92 Å². The van der Waals surface area contributed by atoms with Crippen LogP contribution in [-0.2, 0) is 16.1 Å². The highest BCUT2D eigenvalue weighted by Gasteiger charge is 2.26. The van der Waals surface area contributed by atoms with Gasteiger partial charge < -0.3 is 15.0 Å². The average molecular weight is 375 g/mol. The number of benzene rings is 2. The molecule has 2 aromatic rings. The van der Waals surface area contributed by atoms with Crippen molar-refractivity contribution in [3.8, 4) is 5.75 Å². The Labute approximate surface area is 158 Å². The van der Waals surface area contributed by atoms with Gasteiger partial charge in [0.05, 0.1) is 0 Å². The quantitative estimate of drug-likeness (QED) is 0.809. The Bertz CT molecular complexity index is 779. The largest absolute Gasteiger partial charge is 0.484 e. The van der Waals surface area contributed by atoms with Gasteiger partial charge in [-0.05, 0) is 37.1 Å². The summed E-state index contributed by atoms with van der Waals surface area (Å²) in [5.41, 5.74) is 1.71. The molecule has 26 heavy (non-hydrogen) atoms. The number of carbonyl (C=O) groups is 2. The lowest BCUT2D eigenvalue weighted by Crippen LogP contribution is -2.48. The molecule has 0 aliphatic rings. The van der Waals surface area contributed by atoms with Crippen molar-refractivity contribution in [1.82, 2.24) is 10.2 Å². The average Bonchev–Trinajstić information content (AvgIpc) is 2.65. The number of amides is 2. The van der Waals surface area contributed by atoms with Gasteiger partial charge in [-0.2, -0.15) is 0 Å². The maximum Gasteiger partial charge on any atom is 0.261 e. The number of para-hydroxylation sites is 1. The number of nitrogens with zero attached hydrogens (tertiary/aromatic N) is 1. The van der Waals surface area contributed by atoms with Gasteiger partial charge in [0.25, 0.3) is 5.91 Å². The summed E-state index contributed by atoms with van der Waals surface area (Å²) in [6.07, 6.45) is 0. The monoisotopic (exact) mass is 374 g/mol. The number of aryl methyl sites for hydroxylation is 1. The van der Waals surface area contributed by atoms with Crippen LogP contribution in [0.2, 0.25) is 5.02 Å². The van der Waals surface area contributed by atoms with Gasteiger partial charge in [-0.3, -0.25) is 9.59 Å². The molecule has 0 bridgehead atoms. The van der Waals surface area contributed by atoms with Crippen LogP contribution in [0.1, 0.15) is 18.1 Å². The van der Waals surface area contributed by atoms with Gasteiger partial charge in [-0.25, -0.2) is 0 Å². The zero-order chi connectivity index (χ0) is 19.1. The molecule has 0 fully saturated rings. The topological polar surface area (TPSA) is 58.6 Å². The van der Waals surface area contributed by atoms with Gasteiger partial charge in [0.1, 0.15) is 11.8 Å². The predicted octanol–water partition coefficient (Wildman–Crippen LogP) is 3.19. The first-order valence-corrected chi connectivity index (χ1v) is 8.74. The zero-order valence-electron chi connectivity index (χ0n) is 15.2. The Kier molecular flexibility index (Phi) is 7.04. The Morgan fingerprint density at radius 2 is 1.81 bits per heavy atom. The molecule has 1 N–H and O–H groups in total. The zero-order valence-corrected chi connectivity index (χ0v) is 15.9. The van der Waals surface area contributed by atoms with Crippen molar-refractivity contribution in [1.29, 1.82) is 0 Å². The van der Waals surface area contributed by atoms with Gasteiger partial charge in [0, 0.05) is 18.6 Å². The maximum atomic E-state index is 12.8. The first kappa shape index (κ1) is 19.8. The van der Waals surface area contributed by atoms with E-state index in [-0.39, 0.29) is 25.0 Å². The highest BCUT2D eigenvalue weighted by Crippen LogP contribution is 2.20. The molecule has 0 aliphatic carbocycles. The van der Waals surface area contributed by atoms with Gasteiger partial charge >= 0.3 is 0 Å². The van der Waals surface area contributed by atoms with Crippen LogP contribution in [0.25, 0.3) is 0 Å². The third-order valence-electron chi connectivity index (χ3n) is 4.16. The fraction of sp³-hybridized carbons (Fsp3) is 0.300. The van der Waals surface area contributed by atoms with Crippen LogP contribution in [0.4, 0.5) is 0 Å². The number of halogens is 1. The van der Waals surface area contributed by atoms with E-state index in [1.54, 1.807) is 20.0 Å². The Morgan fingerprint density at radius 3 is 2.46 bits per heavy atom. The first-order valence-electron chi connectivity index (χ1n) is 8.37. The van der Waals surface area contributed by atoms with E-state index in [1.807, 2.05) is 49.4 Å². The van der Waals surface area contributed by atoms with Crippen molar-refractivity contribution in [2.45, 2.75) is 26.4 Å². The van der Waals surface area contributed by atoms with Crippen molar-refractivity contribution in [2.24, 2.45) is 0 Å². The summed E-state index contributed by atoms with van der Waals surface area (Å²) in [7, 11) is 1.54. The summed E-state index contributed by atoms with van der Waals surface area (Å²) in [5.74, 6) is 0.108. The third kappa shape index (κ3) is 4.99. The molecule has 2 aromatic carbocycles. The smallest absolute Gasteiger partial charge is 0.261 e. The van der Waals surface area contributed by atoms with Crippen molar-refractivity contribution in [3.05, 3.63) is 64.7 Å². The molecular formula is C20H23ClN2O3. The number of rotatable bonds is 7. The number of hydrogen-bond donors (Lipinski definition) is 1. The van der Waals surface area contributed by atoms with E-state index in [4.69, 9.17) is 16.3 Å². The number of hydrogen-bond acceptors (Lipinski definition) is 3. The molecule has 138 valence electrons. The molecule has 0 heterocycles. The molecule has 1 atom stereocenters. The van der Waals surface area contributed by atoms with E-state index in [9.17, 15) is 9.59 Å². The molecule has 2 amide bonds. The predicted molar refractivity (Wildman–Crippen MR) is 102 cm³/mol. The molecule has 2 rings (SSSR count). The number of nitrogens with one attached hydrogen (secondary N) is 1.